The largest absolute Gasteiger partial charge is 0.465 e. The summed E-state index contributed by atoms with van der Waals surface area (Å²) >= 11 is 0. The van der Waals surface area contributed by atoms with Gasteiger partial charge in [0.25, 0.3) is 5.91 Å². The van der Waals surface area contributed by atoms with Gasteiger partial charge in [-0.05, 0) is 24.3 Å². The Morgan fingerprint density at radius 2 is 1.67 bits per heavy atom. The standard InChI is InChI=1S/C15H14N2O4/c1-20-15(19)10-6-4-7-11(16)13(10)21-12-8-3-2-5-9(12)14(17)18/h2-8H,16H2,1H3,(H2,17,18). The summed E-state index contributed by atoms with van der Waals surface area (Å²) in [5.41, 5.74) is 11.7. The highest BCUT2D eigenvalue weighted by molar-refractivity contribution is 5.97. The van der Waals surface area contributed by atoms with Crippen molar-refractivity contribution < 1.29 is 19.1 Å². The van der Waals surface area contributed by atoms with Crippen molar-refractivity contribution in [3.63, 3.8) is 0 Å². The van der Waals surface area contributed by atoms with Crippen LogP contribution in [0.2, 0.25) is 0 Å². The molecule has 0 spiro atoms. The Bertz CT molecular complexity index is 698. The molecule has 0 aromatic heterocycles. The molecule has 108 valence electrons. The van der Waals surface area contributed by atoms with Crippen LogP contribution < -0.4 is 16.2 Å². The van der Waals surface area contributed by atoms with E-state index < -0.39 is 11.9 Å². The quantitative estimate of drug-likeness (QED) is 0.660. The van der Waals surface area contributed by atoms with Gasteiger partial charge in [-0.2, -0.15) is 0 Å². The van der Waals surface area contributed by atoms with Crippen LogP contribution in [-0.2, 0) is 4.74 Å². The van der Waals surface area contributed by atoms with Crippen LogP contribution in [0.15, 0.2) is 42.5 Å². The lowest BCUT2D eigenvalue weighted by molar-refractivity contribution is 0.0598. The van der Waals surface area contributed by atoms with Gasteiger partial charge in [-0.3, -0.25) is 4.79 Å². The van der Waals surface area contributed by atoms with E-state index in [9.17, 15) is 9.59 Å². The third-order valence-electron chi connectivity index (χ3n) is 2.82. The van der Waals surface area contributed by atoms with Gasteiger partial charge in [-0.15, -0.1) is 0 Å². The van der Waals surface area contributed by atoms with E-state index in [1.807, 2.05) is 0 Å². The van der Waals surface area contributed by atoms with Crippen LogP contribution in [0.25, 0.3) is 0 Å². The third-order valence-corrected chi connectivity index (χ3v) is 2.82. The Morgan fingerprint density at radius 1 is 1.00 bits per heavy atom. The van der Waals surface area contributed by atoms with E-state index >= 15 is 0 Å². The summed E-state index contributed by atoms with van der Waals surface area (Å²) < 4.78 is 10.3. The second-order valence-electron chi connectivity index (χ2n) is 4.18. The molecule has 2 aromatic rings. The van der Waals surface area contributed by atoms with Crippen molar-refractivity contribution in [3.05, 3.63) is 53.6 Å². The lowest BCUT2D eigenvalue weighted by Gasteiger charge is -2.14. The Morgan fingerprint density at radius 3 is 2.33 bits per heavy atom. The lowest BCUT2D eigenvalue weighted by atomic mass is 10.1. The van der Waals surface area contributed by atoms with E-state index in [2.05, 4.69) is 4.74 Å². The number of nitrogens with two attached hydrogens (primary N) is 2. The molecule has 2 aromatic carbocycles. The summed E-state index contributed by atoms with van der Waals surface area (Å²) in [6.45, 7) is 0. The van der Waals surface area contributed by atoms with E-state index in [-0.39, 0.29) is 28.3 Å². The number of amides is 1. The number of esters is 1. The smallest absolute Gasteiger partial charge is 0.341 e. The number of rotatable bonds is 4. The predicted molar refractivity (Wildman–Crippen MR) is 77.2 cm³/mol. The molecule has 0 unspecified atom stereocenters. The first-order chi connectivity index (χ1) is 10.0. The molecule has 0 aliphatic rings. The maximum absolute atomic E-state index is 11.7. The summed E-state index contributed by atoms with van der Waals surface area (Å²) in [4.78, 5) is 23.1. The van der Waals surface area contributed by atoms with Crippen molar-refractivity contribution in [2.24, 2.45) is 5.73 Å². The van der Waals surface area contributed by atoms with Crippen molar-refractivity contribution in [2.75, 3.05) is 12.8 Å². The molecule has 2 rings (SSSR count). The van der Waals surface area contributed by atoms with Crippen LogP contribution in [0.3, 0.4) is 0 Å². The van der Waals surface area contributed by atoms with Crippen LogP contribution >= 0.6 is 0 Å². The summed E-state index contributed by atoms with van der Waals surface area (Å²) in [5, 5.41) is 0. The van der Waals surface area contributed by atoms with Crippen molar-refractivity contribution in [1.82, 2.24) is 0 Å². The van der Waals surface area contributed by atoms with Crippen LogP contribution in [0.5, 0.6) is 11.5 Å². The number of carbonyl (C=O) groups excluding carboxylic acids is 2. The second-order valence-corrected chi connectivity index (χ2v) is 4.18. The number of methoxy groups -OCH3 is 1. The molecule has 0 heterocycles. The van der Waals surface area contributed by atoms with E-state index in [4.69, 9.17) is 16.2 Å². The average Bonchev–Trinajstić information content (AvgIpc) is 2.48. The van der Waals surface area contributed by atoms with Crippen molar-refractivity contribution >= 4 is 17.6 Å². The van der Waals surface area contributed by atoms with E-state index in [1.165, 1.54) is 19.2 Å². The number of anilines is 1. The summed E-state index contributed by atoms with van der Waals surface area (Å²) in [6, 6.07) is 11.1. The summed E-state index contributed by atoms with van der Waals surface area (Å²) in [7, 11) is 1.26. The van der Waals surface area contributed by atoms with E-state index in [0.717, 1.165) is 0 Å². The summed E-state index contributed by atoms with van der Waals surface area (Å²) in [5.74, 6) is -0.889. The molecular formula is C15H14N2O4. The number of carbonyl (C=O) groups is 2. The molecule has 0 aliphatic heterocycles. The molecule has 0 saturated heterocycles. The Hall–Kier alpha value is -3.02. The Labute approximate surface area is 121 Å². The molecule has 1 amide bonds. The van der Waals surface area contributed by atoms with E-state index in [0.29, 0.717) is 0 Å². The molecule has 0 aliphatic carbocycles. The number of primary amides is 1. The Balaban J connectivity index is 2.50. The van der Waals surface area contributed by atoms with Gasteiger partial charge in [0.05, 0.1) is 18.4 Å². The fourth-order valence-electron chi connectivity index (χ4n) is 1.81. The predicted octanol–water partition coefficient (Wildman–Crippen LogP) is 1.95. The maximum atomic E-state index is 11.7. The van der Waals surface area contributed by atoms with Crippen LogP contribution in [0.1, 0.15) is 20.7 Å². The van der Waals surface area contributed by atoms with Gasteiger partial charge in [0, 0.05) is 0 Å². The molecule has 4 N–H and O–H groups in total. The monoisotopic (exact) mass is 286 g/mol. The SMILES string of the molecule is COC(=O)c1cccc(N)c1Oc1ccccc1C(N)=O. The third kappa shape index (κ3) is 2.94. The summed E-state index contributed by atoms with van der Waals surface area (Å²) in [6.07, 6.45) is 0. The van der Waals surface area contributed by atoms with Crippen LogP contribution in [-0.4, -0.2) is 19.0 Å². The van der Waals surface area contributed by atoms with Crippen LogP contribution in [0, 0.1) is 0 Å². The van der Waals surface area contributed by atoms with Gasteiger partial charge in [0.2, 0.25) is 0 Å². The first kappa shape index (κ1) is 14.4. The fourth-order valence-corrected chi connectivity index (χ4v) is 1.81. The van der Waals surface area contributed by atoms with Crippen molar-refractivity contribution in [3.8, 4) is 11.5 Å². The number of para-hydroxylation sites is 2. The van der Waals surface area contributed by atoms with Gasteiger partial charge < -0.3 is 20.9 Å². The fraction of sp³-hybridized carbons (Fsp3) is 0.0667. The zero-order valence-electron chi connectivity index (χ0n) is 11.3. The van der Waals surface area contributed by atoms with Gasteiger partial charge in [-0.25, -0.2) is 4.79 Å². The lowest BCUT2D eigenvalue weighted by Crippen LogP contribution is -2.13. The molecule has 6 nitrogen and oxygen atoms in total. The maximum Gasteiger partial charge on any atom is 0.341 e. The number of ether oxygens (including phenoxy) is 2. The minimum Gasteiger partial charge on any atom is -0.465 e. The van der Waals surface area contributed by atoms with E-state index in [1.54, 1.807) is 30.3 Å². The zero-order valence-corrected chi connectivity index (χ0v) is 11.3. The van der Waals surface area contributed by atoms with Gasteiger partial charge in [0.15, 0.2) is 5.75 Å². The topological polar surface area (TPSA) is 105 Å². The average molecular weight is 286 g/mol. The molecule has 0 radical (unpaired) electrons. The highest BCUT2D eigenvalue weighted by Crippen LogP contribution is 2.33. The zero-order chi connectivity index (χ0) is 15.4. The number of hydrogen-bond donors (Lipinski definition) is 2. The molecule has 0 bridgehead atoms. The highest BCUT2D eigenvalue weighted by atomic mass is 16.5. The van der Waals surface area contributed by atoms with Gasteiger partial charge in [-0.1, -0.05) is 18.2 Å². The van der Waals surface area contributed by atoms with Crippen molar-refractivity contribution in [2.45, 2.75) is 0 Å². The normalized spacial score (nSPS) is 9.95. The molecule has 0 fully saturated rings. The first-order valence-electron chi connectivity index (χ1n) is 6.08. The minimum absolute atomic E-state index is 0.123. The number of benzene rings is 2. The number of hydrogen-bond acceptors (Lipinski definition) is 5. The molecule has 6 heteroatoms. The first-order valence-corrected chi connectivity index (χ1v) is 6.08. The number of nitrogen functional groups attached to an aromatic ring is 1. The van der Waals surface area contributed by atoms with Crippen LogP contribution in [0.4, 0.5) is 5.69 Å². The Kier molecular flexibility index (Phi) is 4.08. The van der Waals surface area contributed by atoms with Crippen molar-refractivity contribution in [1.29, 1.82) is 0 Å². The highest BCUT2D eigenvalue weighted by Gasteiger charge is 2.18. The molecular weight excluding hydrogens is 272 g/mol. The molecule has 0 saturated carbocycles. The van der Waals surface area contributed by atoms with Gasteiger partial charge >= 0.3 is 5.97 Å². The molecule has 21 heavy (non-hydrogen) atoms. The second kappa shape index (κ2) is 5.96. The van der Waals surface area contributed by atoms with Gasteiger partial charge in [0.1, 0.15) is 11.3 Å². The molecule has 0 atom stereocenters. The minimum atomic E-state index is -0.639.